The lowest BCUT2D eigenvalue weighted by Crippen LogP contribution is -2.44. The fourth-order valence-electron chi connectivity index (χ4n) is 4.00. The first-order valence-electron chi connectivity index (χ1n) is 14.9. The second-order valence-corrected chi connectivity index (χ2v) is 10.5. The summed E-state index contributed by atoms with van der Waals surface area (Å²) in [7, 11) is 0. The predicted octanol–water partition coefficient (Wildman–Crippen LogP) is 7.16. The number of rotatable bonds is 11. The first-order chi connectivity index (χ1) is 21.7. The van der Waals surface area contributed by atoms with Crippen LogP contribution in [0.5, 0.6) is 0 Å². The fourth-order valence-corrected chi connectivity index (χ4v) is 4.43. The molecule has 3 aromatic rings. The van der Waals surface area contributed by atoms with Crippen molar-refractivity contribution in [1.82, 2.24) is 15.3 Å². The van der Waals surface area contributed by atoms with Gasteiger partial charge in [0.05, 0.1) is 6.20 Å². The molecule has 0 atom stereocenters. The van der Waals surface area contributed by atoms with Crippen LogP contribution in [0.2, 0.25) is 0 Å². The van der Waals surface area contributed by atoms with Crippen molar-refractivity contribution < 1.29 is 27.6 Å². The molecule has 0 radical (unpaired) electrons. The van der Waals surface area contributed by atoms with E-state index in [1.165, 1.54) is 23.1 Å². The maximum atomic E-state index is 13.1. The Morgan fingerprint density at radius 2 is 1.69 bits per heavy atom. The van der Waals surface area contributed by atoms with Gasteiger partial charge in [0.15, 0.2) is 5.82 Å². The van der Waals surface area contributed by atoms with E-state index in [4.69, 9.17) is 0 Å². The molecule has 45 heavy (non-hydrogen) atoms. The number of nitrogens with zero attached hydrogens (tertiary/aromatic N) is 4. The average Bonchev–Trinajstić information content (AvgIpc) is 3.07. The summed E-state index contributed by atoms with van der Waals surface area (Å²) < 4.78 is 39.2. The van der Waals surface area contributed by atoms with Crippen LogP contribution in [0.15, 0.2) is 78.1 Å². The predicted molar refractivity (Wildman–Crippen MR) is 175 cm³/mol. The molecule has 1 aliphatic carbocycles. The first-order valence-corrected chi connectivity index (χ1v) is 16.2. The van der Waals surface area contributed by atoms with Crippen LogP contribution in [-0.2, 0) is 14.4 Å². The van der Waals surface area contributed by atoms with Crippen molar-refractivity contribution in [1.29, 1.82) is 0 Å². The molecule has 12 heteroatoms. The van der Waals surface area contributed by atoms with Crippen molar-refractivity contribution in [3.63, 3.8) is 0 Å². The zero-order valence-corrected chi connectivity index (χ0v) is 27.2. The molecular formula is C33H44F3N5O3S. The number of amides is 3. The van der Waals surface area contributed by atoms with Crippen LogP contribution < -0.4 is 15.1 Å². The molecule has 2 aromatic carbocycles. The van der Waals surface area contributed by atoms with E-state index in [1.807, 2.05) is 32.0 Å². The highest BCUT2D eigenvalue weighted by molar-refractivity contribution is 7.98. The van der Waals surface area contributed by atoms with E-state index >= 15 is 0 Å². The number of carbonyl (C=O) groups is 3. The third-order valence-electron chi connectivity index (χ3n) is 6.37. The number of hydrogen-bond acceptors (Lipinski definition) is 6. The van der Waals surface area contributed by atoms with E-state index < -0.39 is 17.6 Å². The number of benzene rings is 2. The summed E-state index contributed by atoms with van der Waals surface area (Å²) in [5.74, 6) is -3.01. The highest BCUT2D eigenvalue weighted by atomic mass is 32.2. The van der Waals surface area contributed by atoms with Gasteiger partial charge in [-0.1, -0.05) is 51.5 Å². The van der Waals surface area contributed by atoms with Gasteiger partial charge in [-0.3, -0.25) is 24.3 Å². The van der Waals surface area contributed by atoms with Crippen molar-refractivity contribution >= 4 is 42.0 Å². The molecule has 1 saturated carbocycles. The lowest BCUT2D eigenvalue weighted by atomic mass is 9.92. The van der Waals surface area contributed by atoms with E-state index in [0.29, 0.717) is 18.8 Å². The second-order valence-electron chi connectivity index (χ2n) is 9.64. The fraction of sp³-hybridized carbons (Fsp3) is 0.424. The molecule has 0 aliphatic heterocycles. The number of halogens is 3. The Labute approximate surface area is 268 Å². The van der Waals surface area contributed by atoms with Gasteiger partial charge in [-0.25, -0.2) is 18.2 Å². The summed E-state index contributed by atoms with van der Waals surface area (Å²) in [5, 5.41) is 2.64. The Morgan fingerprint density at radius 1 is 1.02 bits per heavy atom. The lowest BCUT2D eigenvalue weighted by Gasteiger charge is -2.29. The largest absolute Gasteiger partial charge is 0.352 e. The van der Waals surface area contributed by atoms with Crippen LogP contribution in [0.4, 0.5) is 24.7 Å². The van der Waals surface area contributed by atoms with Crippen LogP contribution in [0.1, 0.15) is 59.3 Å². The van der Waals surface area contributed by atoms with E-state index in [-0.39, 0.29) is 44.0 Å². The van der Waals surface area contributed by atoms with Crippen molar-refractivity contribution in [2.24, 2.45) is 0 Å². The molecule has 4 rings (SSSR count). The number of nitrogens with one attached hydrogen (secondary N) is 1. The molecule has 246 valence electrons. The van der Waals surface area contributed by atoms with Gasteiger partial charge in [-0.05, 0) is 55.9 Å². The Morgan fingerprint density at radius 3 is 2.20 bits per heavy atom. The average molecular weight is 648 g/mol. The molecule has 0 unspecified atom stereocenters. The smallest absolute Gasteiger partial charge is 0.248 e. The third-order valence-corrected chi connectivity index (χ3v) is 7.11. The monoisotopic (exact) mass is 647 g/mol. The van der Waals surface area contributed by atoms with Gasteiger partial charge in [0.2, 0.25) is 24.6 Å². The second kappa shape index (κ2) is 22.6. The SMILES string of the molecule is CC.CCCCN(C=O)c1cnccn1.CSc1ccccc1.O=CN(CC(=O)NC1CCC(F)(F)CC1)c1cccc(F)c1. The molecule has 1 fully saturated rings. The summed E-state index contributed by atoms with van der Waals surface area (Å²) in [5.41, 5.74) is 0.264. The maximum absolute atomic E-state index is 13.1. The summed E-state index contributed by atoms with van der Waals surface area (Å²) in [4.78, 5) is 45.5. The lowest BCUT2D eigenvalue weighted by molar-refractivity contribution is -0.122. The van der Waals surface area contributed by atoms with E-state index in [0.717, 1.165) is 30.2 Å². The minimum Gasteiger partial charge on any atom is -0.352 e. The standard InChI is InChI=1S/C15H17F3N2O2.C9H13N3O.C7H8S.C2H6/c16-11-2-1-3-13(8-11)20(10-21)9-14(22)19-12-4-6-15(17,18)7-5-12;1-2-3-6-12(8-13)9-7-10-4-5-11-9;1-8-7-5-3-2-4-6-7;1-2/h1-3,8,10,12H,4-7,9H2,(H,19,22);4-5,7-8H,2-3,6H2,1H3;2-6H,1H3;1-2H3. The minimum atomic E-state index is -2.66. The van der Waals surface area contributed by atoms with E-state index in [9.17, 15) is 27.6 Å². The van der Waals surface area contributed by atoms with Gasteiger partial charge in [-0.15, -0.1) is 11.8 Å². The van der Waals surface area contributed by atoms with Gasteiger partial charge >= 0.3 is 0 Å². The Bertz CT molecular complexity index is 1230. The Kier molecular flexibility index (Phi) is 19.6. The van der Waals surface area contributed by atoms with Crippen molar-refractivity contribution in [2.75, 3.05) is 29.1 Å². The zero-order chi connectivity index (χ0) is 33.5. The molecule has 1 heterocycles. The highest BCUT2D eigenvalue weighted by Crippen LogP contribution is 2.33. The molecule has 0 saturated heterocycles. The van der Waals surface area contributed by atoms with Crippen molar-refractivity contribution in [3.8, 4) is 0 Å². The number of thioether (sulfide) groups is 1. The summed E-state index contributed by atoms with van der Waals surface area (Å²) in [6.45, 7) is 6.51. The number of anilines is 2. The molecule has 0 spiro atoms. The zero-order valence-electron chi connectivity index (χ0n) is 26.4. The number of unbranched alkanes of at least 4 members (excludes halogenated alkanes) is 1. The van der Waals surface area contributed by atoms with E-state index in [2.05, 4.69) is 40.6 Å². The number of hydrogen-bond donors (Lipinski definition) is 1. The molecule has 3 amide bonds. The van der Waals surface area contributed by atoms with Gasteiger partial charge < -0.3 is 10.2 Å². The minimum absolute atomic E-state index is 0.208. The van der Waals surface area contributed by atoms with Gasteiger partial charge in [0.1, 0.15) is 12.4 Å². The van der Waals surface area contributed by atoms with Crippen LogP contribution in [0.3, 0.4) is 0 Å². The number of aromatic nitrogens is 2. The summed E-state index contributed by atoms with van der Waals surface area (Å²) in [6, 6.07) is 15.3. The normalized spacial score (nSPS) is 13.2. The molecule has 0 bridgehead atoms. The van der Waals surface area contributed by atoms with E-state index in [1.54, 1.807) is 35.3 Å². The quantitative estimate of drug-likeness (QED) is 0.175. The molecule has 1 aliphatic rings. The third kappa shape index (κ3) is 16.1. The number of carbonyl (C=O) groups excluding carboxylic acids is 3. The summed E-state index contributed by atoms with van der Waals surface area (Å²) >= 11 is 1.77. The summed E-state index contributed by atoms with van der Waals surface area (Å²) in [6.07, 6.45) is 10.0. The highest BCUT2D eigenvalue weighted by Gasteiger charge is 2.35. The van der Waals surface area contributed by atoms with Crippen LogP contribution in [0, 0.1) is 5.82 Å². The topological polar surface area (TPSA) is 95.5 Å². The number of alkyl halides is 2. The van der Waals surface area contributed by atoms with Crippen LogP contribution in [0.25, 0.3) is 0 Å². The van der Waals surface area contributed by atoms with Crippen molar-refractivity contribution in [2.45, 2.75) is 76.2 Å². The Balaban J connectivity index is 0.000000370. The van der Waals surface area contributed by atoms with Crippen LogP contribution in [-0.4, -0.2) is 60.0 Å². The molecule has 8 nitrogen and oxygen atoms in total. The van der Waals surface area contributed by atoms with Gasteiger partial charge in [0.25, 0.3) is 0 Å². The maximum Gasteiger partial charge on any atom is 0.248 e. The van der Waals surface area contributed by atoms with Crippen molar-refractivity contribution in [3.05, 3.63) is 79.0 Å². The van der Waals surface area contributed by atoms with Gasteiger partial charge in [-0.2, -0.15) is 0 Å². The molecule has 1 aromatic heterocycles. The Hall–Kier alpha value is -3.93. The van der Waals surface area contributed by atoms with Gasteiger partial charge in [0, 0.05) is 48.4 Å². The molecular weight excluding hydrogens is 603 g/mol. The first kappa shape index (κ1) is 39.1. The van der Waals surface area contributed by atoms with Crippen LogP contribution >= 0.6 is 11.8 Å². The molecule has 1 N–H and O–H groups in total.